The van der Waals surface area contributed by atoms with E-state index in [-0.39, 0.29) is 0 Å². The Morgan fingerprint density at radius 1 is 1.53 bits per heavy atom. The van der Waals surface area contributed by atoms with Crippen LogP contribution in [-0.4, -0.2) is 26.3 Å². The molecule has 1 rings (SSSR count). The fourth-order valence-corrected chi connectivity index (χ4v) is 1.42. The van der Waals surface area contributed by atoms with Gasteiger partial charge in [0.25, 0.3) is 0 Å². The first-order chi connectivity index (χ1) is 8.26. The molecule has 5 nitrogen and oxygen atoms in total. The van der Waals surface area contributed by atoms with Gasteiger partial charge in [-0.05, 0) is 24.4 Å². The first-order valence-electron chi connectivity index (χ1n) is 5.00. The van der Waals surface area contributed by atoms with Gasteiger partial charge in [0.1, 0.15) is 5.75 Å². The lowest BCUT2D eigenvalue weighted by molar-refractivity contribution is -0.105. The summed E-state index contributed by atoms with van der Waals surface area (Å²) in [7, 11) is 3.22. The van der Waals surface area contributed by atoms with Crippen molar-refractivity contribution in [3.63, 3.8) is 0 Å². The quantitative estimate of drug-likeness (QED) is 0.591. The van der Waals surface area contributed by atoms with Gasteiger partial charge in [0.2, 0.25) is 6.41 Å². The van der Waals surface area contributed by atoms with Gasteiger partial charge in [-0.3, -0.25) is 9.79 Å². The van der Waals surface area contributed by atoms with Crippen LogP contribution < -0.4 is 15.8 Å². The molecule has 5 heteroatoms. The van der Waals surface area contributed by atoms with Gasteiger partial charge in [-0.15, -0.1) is 0 Å². The molecular weight excluding hydrogens is 218 g/mol. The molecule has 0 aliphatic heterocycles. The number of anilines is 1. The predicted molar refractivity (Wildman–Crippen MR) is 68.5 cm³/mol. The third-order valence-corrected chi connectivity index (χ3v) is 2.21. The molecule has 1 aromatic carbocycles. The van der Waals surface area contributed by atoms with Crippen molar-refractivity contribution in [3.05, 3.63) is 36.0 Å². The Kier molecular flexibility index (Phi) is 4.75. The molecular formula is C12H15N3O2. The number of rotatable bonds is 5. The highest BCUT2D eigenvalue weighted by Crippen LogP contribution is 2.25. The van der Waals surface area contributed by atoms with Crippen LogP contribution >= 0.6 is 0 Å². The van der Waals surface area contributed by atoms with Gasteiger partial charge in [0, 0.05) is 12.6 Å². The van der Waals surface area contributed by atoms with Gasteiger partial charge in [-0.2, -0.15) is 0 Å². The molecule has 0 spiro atoms. The minimum atomic E-state index is 0.571. The number of hydrogen-bond acceptors (Lipinski definition) is 4. The largest absolute Gasteiger partial charge is 0.495 e. The fourth-order valence-electron chi connectivity index (χ4n) is 1.42. The summed E-state index contributed by atoms with van der Waals surface area (Å²) in [5, 5.41) is 2.56. The second-order valence-electron chi connectivity index (χ2n) is 3.15. The first-order valence-corrected chi connectivity index (χ1v) is 5.00. The lowest BCUT2D eigenvalue weighted by Gasteiger charge is -2.09. The van der Waals surface area contributed by atoms with E-state index in [9.17, 15) is 4.79 Å². The molecule has 90 valence electrons. The van der Waals surface area contributed by atoms with Crippen LogP contribution in [0.15, 0.2) is 35.5 Å². The van der Waals surface area contributed by atoms with Crippen molar-refractivity contribution >= 4 is 17.8 Å². The number of aliphatic imine (C=N–C) groups is 1. The molecule has 1 aromatic rings. The second kappa shape index (κ2) is 6.32. The molecule has 0 atom stereocenters. The summed E-state index contributed by atoms with van der Waals surface area (Å²) in [6, 6.07) is 5.36. The van der Waals surface area contributed by atoms with Crippen molar-refractivity contribution in [2.45, 2.75) is 0 Å². The van der Waals surface area contributed by atoms with E-state index in [0.29, 0.717) is 17.8 Å². The van der Waals surface area contributed by atoms with Gasteiger partial charge in [0.15, 0.2) is 0 Å². The number of amides is 1. The maximum absolute atomic E-state index is 10.4. The van der Waals surface area contributed by atoms with Gasteiger partial charge in [-0.1, -0.05) is 6.07 Å². The summed E-state index contributed by atoms with van der Waals surface area (Å²) in [6.07, 6.45) is 3.72. The molecule has 0 bridgehead atoms. The van der Waals surface area contributed by atoms with Crippen LogP contribution in [0.4, 0.5) is 5.69 Å². The van der Waals surface area contributed by atoms with Crippen LogP contribution in [-0.2, 0) is 4.79 Å². The van der Waals surface area contributed by atoms with Crippen LogP contribution in [0, 0.1) is 0 Å². The van der Waals surface area contributed by atoms with Gasteiger partial charge >= 0.3 is 0 Å². The van der Waals surface area contributed by atoms with Crippen molar-refractivity contribution in [1.82, 2.24) is 0 Å². The summed E-state index contributed by atoms with van der Waals surface area (Å²) in [5.41, 5.74) is 7.55. The molecule has 0 aromatic heterocycles. The zero-order chi connectivity index (χ0) is 12.7. The van der Waals surface area contributed by atoms with Crippen molar-refractivity contribution in [1.29, 1.82) is 0 Å². The molecule has 0 radical (unpaired) electrons. The number of hydrogen-bond donors (Lipinski definition) is 2. The second-order valence-corrected chi connectivity index (χ2v) is 3.15. The Labute approximate surface area is 100.0 Å². The predicted octanol–water partition coefficient (Wildman–Crippen LogP) is 1.15. The molecule has 0 aliphatic carbocycles. The van der Waals surface area contributed by atoms with Crippen molar-refractivity contribution < 1.29 is 9.53 Å². The van der Waals surface area contributed by atoms with Crippen LogP contribution in [0.25, 0.3) is 0 Å². The summed E-state index contributed by atoms with van der Waals surface area (Å²) in [4.78, 5) is 14.5. The molecule has 0 aliphatic rings. The number of ether oxygens (including phenoxy) is 1. The van der Waals surface area contributed by atoms with Gasteiger partial charge in [0.05, 0.1) is 18.5 Å². The van der Waals surface area contributed by atoms with E-state index < -0.39 is 0 Å². The van der Waals surface area contributed by atoms with E-state index in [2.05, 4.69) is 10.3 Å². The third kappa shape index (κ3) is 3.07. The maximum atomic E-state index is 10.4. The van der Waals surface area contributed by atoms with Gasteiger partial charge < -0.3 is 15.8 Å². The molecule has 1 amide bonds. The average molecular weight is 233 g/mol. The minimum Gasteiger partial charge on any atom is -0.495 e. The normalized spacial score (nSPS) is 11.5. The highest BCUT2D eigenvalue weighted by atomic mass is 16.5. The zero-order valence-corrected chi connectivity index (χ0v) is 9.81. The van der Waals surface area contributed by atoms with E-state index in [1.807, 2.05) is 6.07 Å². The summed E-state index contributed by atoms with van der Waals surface area (Å²) in [5.74, 6) is 0.571. The van der Waals surface area contributed by atoms with Crippen LogP contribution in [0.2, 0.25) is 0 Å². The van der Waals surface area contributed by atoms with E-state index in [0.717, 1.165) is 11.3 Å². The van der Waals surface area contributed by atoms with Crippen LogP contribution in [0.3, 0.4) is 0 Å². The molecule has 17 heavy (non-hydrogen) atoms. The molecule has 0 unspecified atom stereocenters. The van der Waals surface area contributed by atoms with E-state index in [1.165, 1.54) is 13.3 Å². The number of carbonyl (C=O) groups excluding carboxylic acids is 1. The number of carbonyl (C=O) groups is 1. The molecule has 0 fully saturated rings. The summed E-state index contributed by atoms with van der Waals surface area (Å²) < 4.78 is 5.18. The molecule has 0 heterocycles. The standard InChI is InChI=1S/C12H15N3O2/c1-14-10(5-6-13)9-3-4-11(15-8-16)12(7-9)17-2/h3-8H,13H2,1-2H3,(H,15,16). The van der Waals surface area contributed by atoms with Crippen molar-refractivity contribution in [2.24, 2.45) is 10.7 Å². The van der Waals surface area contributed by atoms with Crippen molar-refractivity contribution in [2.75, 3.05) is 19.5 Å². The SMILES string of the molecule is CN=C(C=CN)c1ccc(NC=O)c(OC)c1. The summed E-state index contributed by atoms with van der Waals surface area (Å²) in [6.45, 7) is 0. The number of nitrogens with one attached hydrogen (secondary N) is 1. The van der Waals surface area contributed by atoms with Gasteiger partial charge in [-0.25, -0.2) is 0 Å². The molecule has 0 saturated heterocycles. The number of nitrogens with two attached hydrogens (primary N) is 1. The highest BCUT2D eigenvalue weighted by molar-refractivity contribution is 6.09. The van der Waals surface area contributed by atoms with Crippen LogP contribution in [0.5, 0.6) is 5.75 Å². The Morgan fingerprint density at radius 2 is 2.29 bits per heavy atom. The lowest BCUT2D eigenvalue weighted by atomic mass is 10.1. The Bertz CT molecular complexity index is 453. The highest BCUT2D eigenvalue weighted by Gasteiger charge is 2.06. The average Bonchev–Trinajstić information content (AvgIpc) is 2.37. The van der Waals surface area contributed by atoms with Crippen molar-refractivity contribution in [3.8, 4) is 5.75 Å². The minimum absolute atomic E-state index is 0.571. The fraction of sp³-hybridized carbons (Fsp3) is 0.167. The number of methoxy groups -OCH3 is 1. The lowest BCUT2D eigenvalue weighted by Crippen LogP contribution is -2.02. The summed E-state index contributed by atoms with van der Waals surface area (Å²) >= 11 is 0. The molecule has 0 saturated carbocycles. The zero-order valence-electron chi connectivity index (χ0n) is 9.81. The number of allylic oxidation sites excluding steroid dienone is 1. The number of benzene rings is 1. The Hall–Kier alpha value is -2.30. The Morgan fingerprint density at radius 3 is 2.82 bits per heavy atom. The maximum Gasteiger partial charge on any atom is 0.211 e. The molecule has 3 N–H and O–H groups in total. The van der Waals surface area contributed by atoms with E-state index >= 15 is 0 Å². The van der Waals surface area contributed by atoms with E-state index in [4.69, 9.17) is 10.5 Å². The first kappa shape index (κ1) is 12.8. The smallest absolute Gasteiger partial charge is 0.211 e. The van der Waals surface area contributed by atoms with E-state index in [1.54, 1.807) is 25.3 Å². The van der Waals surface area contributed by atoms with Crippen LogP contribution in [0.1, 0.15) is 5.56 Å². The topological polar surface area (TPSA) is 76.7 Å². The monoisotopic (exact) mass is 233 g/mol. The third-order valence-electron chi connectivity index (χ3n) is 2.21. The Balaban J connectivity index is 3.16. The number of nitrogens with zero attached hydrogens (tertiary/aromatic N) is 1.